The molecule has 2 fully saturated rings. The Morgan fingerprint density at radius 1 is 0.635 bits per heavy atom. The fourth-order valence-corrected chi connectivity index (χ4v) is 7.58. The van der Waals surface area contributed by atoms with Crippen LogP contribution in [0.4, 0.5) is 4.79 Å². The Hall–Kier alpha value is -6.07. The van der Waals surface area contributed by atoms with E-state index < -0.39 is 17.8 Å². The first-order chi connectivity index (χ1) is 30.5. The molecule has 6 aromatic rings. The lowest BCUT2D eigenvalue weighted by atomic mass is 9.98. The van der Waals surface area contributed by atoms with Gasteiger partial charge in [0, 0.05) is 36.1 Å². The minimum atomic E-state index is -0.511. The Balaban J connectivity index is 0.000000193. The van der Waals surface area contributed by atoms with Crippen LogP contribution in [-0.2, 0) is 30.4 Å². The van der Waals surface area contributed by atoms with Gasteiger partial charge in [0.25, 0.3) is 0 Å². The molecule has 4 aromatic carbocycles. The molecule has 0 unspecified atom stereocenters. The maximum atomic E-state index is 12.3. The zero-order valence-electron chi connectivity index (χ0n) is 36.6. The Morgan fingerprint density at radius 3 is 1.56 bits per heavy atom. The molecule has 0 saturated carbocycles. The number of nitrogens with one attached hydrogen (secondary N) is 1. The number of amides is 1. The molecule has 8 rings (SSSR count). The number of pyridine rings is 2. The zero-order valence-corrected chi connectivity index (χ0v) is 36.6. The van der Waals surface area contributed by atoms with Gasteiger partial charge in [-0.2, -0.15) is 0 Å². The predicted molar refractivity (Wildman–Crippen MR) is 248 cm³/mol. The minimum absolute atomic E-state index is 0.00272. The maximum Gasteiger partial charge on any atom is 0.410 e. The number of carbonyl (C=O) groups is 1. The number of aliphatic hydroxyl groups excluding tert-OH is 2. The summed E-state index contributed by atoms with van der Waals surface area (Å²) in [5, 5.41) is 24.4. The number of carbonyl (C=O) groups excluding carboxylic acids is 1. The van der Waals surface area contributed by atoms with Crippen LogP contribution >= 0.6 is 0 Å². The maximum absolute atomic E-state index is 12.3. The van der Waals surface area contributed by atoms with Crippen LogP contribution in [-0.4, -0.2) is 87.4 Å². The van der Waals surface area contributed by atoms with Crippen molar-refractivity contribution in [2.45, 2.75) is 89.2 Å². The molecule has 3 N–H and O–H groups in total. The summed E-state index contributed by atoms with van der Waals surface area (Å²) in [5.41, 5.74) is 8.03. The first-order valence-electron chi connectivity index (χ1n) is 22.0. The van der Waals surface area contributed by atoms with Gasteiger partial charge in [-0.1, -0.05) is 109 Å². The summed E-state index contributed by atoms with van der Waals surface area (Å²) >= 11 is 0. The monoisotopic (exact) mass is 848 g/mol. The number of nitrogens with zero attached hydrogens (tertiary/aromatic N) is 3. The lowest BCUT2D eigenvalue weighted by Crippen LogP contribution is -2.55. The summed E-state index contributed by atoms with van der Waals surface area (Å²) in [5.74, 6) is 1.45. The van der Waals surface area contributed by atoms with E-state index in [0.29, 0.717) is 57.2 Å². The molecule has 0 bridgehead atoms. The van der Waals surface area contributed by atoms with Gasteiger partial charge < -0.3 is 34.6 Å². The van der Waals surface area contributed by atoms with Gasteiger partial charge in [0.2, 0.25) is 0 Å². The first-order valence-corrected chi connectivity index (χ1v) is 22.0. The molecule has 0 spiro atoms. The van der Waals surface area contributed by atoms with Gasteiger partial charge in [-0.25, -0.2) is 4.79 Å². The number of hydrogen-bond acceptors (Lipinski definition) is 9. The van der Waals surface area contributed by atoms with E-state index in [9.17, 15) is 15.0 Å². The van der Waals surface area contributed by atoms with E-state index in [1.807, 2.05) is 118 Å². The second kappa shape index (κ2) is 21.8. The molecule has 10 nitrogen and oxygen atoms in total. The lowest BCUT2D eigenvalue weighted by molar-refractivity contribution is -0.0141. The van der Waals surface area contributed by atoms with Crippen LogP contribution in [0, 0.1) is 0 Å². The molecule has 1 amide bonds. The van der Waals surface area contributed by atoms with Crippen molar-refractivity contribution in [3.8, 4) is 33.8 Å². The molecule has 0 radical (unpaired) electrons. The Morgan fingerprint density at radius 2 is 1.11 bits per heavy atom. The number of ether oxygens (including phenoxy) is 3. The van der Waals surface area contributed by atoms with E-state index in [0.717, 1.165) is 63.2 Å². The number of likely N-dealkylation sites (tertiary alicyclic amines) is 1. The first kappa shape index (κ1) is 45.0. The van der Waals surface area contributed by atoms with Crippen LogP contribution in [0.25, 0.3) is 22.3 Å². The van der Waals surface area contributed by atoms with Gasteiger partial charge in [-0.15, -0.1) is 0 Å². The average molecular weight is 849 g/mol. The van der Waals surface area contributed by atoms with Crippen LogP contribution in [0.5, 0.6) is 11.5 Å². The Kier molecular flexibility index (Phi) is 15.6. The molecule has 328 valence electrons. The number of hydrogen-bond donors (Lipinski definition) is 3. The van der Waals surface area contributed by atoms with Gasteiger partial charge in [0.15, 0.2) is 0 Å². The number of aliphatic hydroxyl groups is 2. The van der Waals surface area contributed by atoms with Crippen molar-refractivity contribution >= 4 is 6.09 Å². The van der Waals surface area contributed by atoms with E-state index in [-0.39, 0.29) is 12.1 Å². The van der Waals surface area contributed by atoms with Crippen LogP contribution in [0.15, 0.2) is 146 Å². The third-order valence-electron chi connectivity index (χ3n) is 11.1. The molecule has 4 heterocycles. The van der Waals surface area contributed by atoms with E-state index >= 15 is 0 Å². The van der Waals surface area contributed by atoms with Crippen LogP contribution < -0.4 is 14.8 Å². The summed E-state index contributed by atoms with van der Waals surface area (Å²) in [6.07, 6.45) is 10.5. The number of rotatable bonds is 16. The molecule has 0 aliphatic carbocycles. The van der Waals surface area contributed by atoms with Crippen molar-refractivity contribution in [2.24, 2.45) is 0 Å². The average Bonchev–Trinajstić information content (AvgIpc) is 3.23. The predicted octanol–water partition coefficient (Wildman–Crippen LogP) is 8.92. The molecule has 10 heteroatoms. The largest absolute Gasteiger partial charge is 0.490 e. The van der Waals surface area contributed by atoms with Crippen LogP contribution in [0.3, 0.4) is 0 Å². The fraction of sp³-hybridized carbons (Fsp3) is 0.340. The van der Waals surface area contributed by atoms with Crippen LogP contribution in [0.2, 0.25) is 0 Å². The van der Waals surface area contributed by atoms with Gasteiger partial charge in [0.1, 0.15) is 30.3 Å². The highest BCUT2D eigenvalue weighted by atomic mass is 16.6. The fourth-order valence-electron chi connectivity index (χ4n) is 7.58. The van der Waals surface area contributed by atoms with Crippen molar-refractivity contribution < 1.29 is 29.2 Å². The molecule has 4 atom stereocenters. The summed E-state index contributed by atoms with van der Waals surface area (Å²) in [7, 11) is 0. The van der Waals surface area contributed by atoms with E-state index in [4.69, 9.17) is 14.2 Å². The highest BCUT2D eigenvalue weighted by molar-refractivity contribution is 5.69. The van der Waals surface area contributed by atoms with Crippen molar-refractivity contribution in [3.63, 3.8) is 0 Å². The van der Waals surface area contributed by atoms with Crippen LogP contribution in [0.1, 0.15) is 55.9 Å². The molecule has 2 aliphatic heterocycles. The van der Waals surface area contributed by atoms with Gasteiger partial charge in [-0.05, 0) is 111 Å². The van der Waals surface area contributed by atoms with Gasteiger partial charge >= 0.3 is 6.09 Å². The summed E-state index contributed by atoms with van der Waals surface area (Å²) in [4.78, 5) is 22.7. The normalized spacial score (nSPS) is 16.6. The Labute approximate surface area is 371 Å². The summed E-state index contributed by atoms with van der Waals surface area (Å²) in [6.45, 7) is 8.44. The van der Waals surface area contributed by atoms with Gasteiger partial charge in [-0.3, -0.25) is 9.97 Å². The van der Waals surface area contributed by atoms with Crippen molar-refractivity contribution in [3.05, 3.63) is 168 Å². The molecule has 63 heavy (non-hydrogen) atoms. The third-order valence-corrected chi connectivity index (χ3v) is 11.1. The van der Waals surface area contributed by atoms with Crippen molar-refractivity contribution in [1.29, 1.82) is 0 Å². The quantitative estimate of drug-likeness (QED) is 0.0876. The number of aromatic nitrogens is 2. The Bertz CT molecular complexity index is 2350. The second-order valence-electron chi connectivity index (χ2n) is 17.5. The van der Waals surface area contributed by atoms with Gasteiger partial charge in [0.05, 0.1) is 30.6 Å². The lowest BCUT2D eigenvalue weighted by Gasteiger charge is -2.40. The van der Waals surface area contributed by atoms with Crippen molar-refractivity contribution in [2.75, 3.05) is 26.3 Å². The molecule has 2 saturated heterocycles. The SMILES string of the molecule is CC(C)(C)OC(=O)N1CC[C@H]1COc1cncc(-c2cccc(C[C@H](O)Cc3ccccc3)c2)c1.O[C@H](Cc1ccccc1)Cc1cccc(-c2cncc(OC[C@@H]3CCN3)c2)c1. The zero-order chi connectivity index (χ0) is 44.0. The number of benzene rings is 4. The van der Waals surface area contributed by atoms with E-state index in [2.05, 4.69) is 51.7 Å². The molecule has 2 aromatic heterocycles. The van der Waals surface area contributed by atoms with E-state index in [1.165, 1.54) is 6.42 Å². The molecular formula is C53H60N4O6. The topological polar surface area (TPSA) is 126 Å². The van der Waals surface area contributed by atoms with Crippen molar-refractivity contribution in [1.82, 2.24) is 20.2 Å². The smallest absolute Gasteiger partial charge is 0.410 e. The van der Waals surface area contributed by atoms with E-state index in [1.54, 1.807) is 17.3 Å². The minimum Gasteiger partial charge on any atom is -0.490 e. The second-order valence-corrected chi connectivity index (χ2v) is 17.5. The summed E-state index contributed by atoms with van der Waals surface area (Å²) < 4.78 is 17.3. The highest BCUT2D eigenvalue weighted by Gasteiger charge is 2.35. The standard InChI is InChI=1S/C29H34N2O4.C24H26N2O2/c1-29(2,3)35-28(33)31-13-12-25(31)20-34-27-17-24(18-30-19-27)23-11-7-10-22(14-23)16-26(32)15-21-8-5-4-6-9-21;27-23(12-18-5-2-1-3-6-18)13-19-7-4-8-20(11-19)21-14-24(16-25-15-21)28-17-22-9-10-26-22/h4-11,14,17-19,25-26,32H,12-13,15-16,20H2,1-3H3;1-8,11,14-16,22-23,26-27H,9-10,12-13,17H2/t25-,26+;22-,23+/m00/s1. The highest BCUT2D eigenvalue weighted by Crippen LogP contribution is 2.28. The summed E-state index contributed by atoms with van der Waals surface area (Å²) in [6, 6.07) is 41.0. The molecule has 2 aliphatic rings. The molecular weight excluding hydrogens is 789 g/mol. The third kappa shape index (κ3) is 14.0.